The normalized spacial score (nSPS) is 29.4. The van der Waals surface area contributed by atoms with Crippen molar-refractivity contribution in [2.75, 3.05) is 39.5 Å². The van der Waals surface area contributed by atoms with Gasteiger partial charge in [-0.05, 0) is 12.1 Å². The van der Waals surface area contributed by atoms with E-state index in [0.717, 1.165) is 26.3 Å². The molecule has 6 heteroatoms. The number of carbonyl (C=O) groups is 1. The quantitative estimate of drug-likeness (QED) is 0.811. The van der Waals surface area contributed by atoms with Gasteiger partial charge in [0.05, 0.1) is 32.0 Å². The van der Waals surface area contributed by atoms with Crippen molar-refractivity contribution in [1.82, 2.24) is 10.2 Å². The van der Waals surface area contributed by atoms with Gasteiger partial charge in [-0.25, -0.2) is 0 Å². The first-order valence-electron chi connectivity index (χ1n) is 7.70. The molecule has 0 saturated carbocycles. The number of nitrogens with one attached hydrogen (secondary N) is 1. The molecule has 120 valence electrons. The van der Waals surface area contributed by atoms with Crippen LogP contribution in [0.1, 0.15) is 10.4 Å². The Bertz CT molecular complexity index is 490. The fourth-order valence-electron chi connectivity index (χ4n) is 2.85. The van der Waals surface area contributed by atoms with Gasteiger partial charge in [-0.1, -0.05) is 18.2 Å². The number of carbonyl (C=O) groups excluding carboxylic acids is 1. The molecule has 1 aromatic carbocycles. The van der Waals surface area contributed by atoms with Gasteiger partial charge in [-0.15, -0.1) is 0 Å². The summed E-state index contributed by atoms with van der Waals surface area (Å²) in [6.07, 6.45) is -0.949. The van der Waals surface area contributed by atoms with Gasteiger partial charge in [-0.2, -0.15) is 0 Å². The Kier molecular flexibility index (Phi) is 5.04. The van der Waals surface area contributed by atoms with E-state index in [0.29, 0.717) is 18.7 Å². The number of morpholine rings is 1. The van der Waals surface area contributed by atoms with Crippen molar-refractivity contribution in [1.29, 1.82) is 0 Å². The van der Waals surface area contributed by atoms with Gasteiger partial charge >= 0.3 is 0 Å². The van der Waals surface area contributed by atoms with Crippen LogP contribution in [-0.4, -0.2) is 73.6 Å². The summed E-state index contributed by atoms with van der Waals surface area (Å²) in [6, 6.07) is 8.64. The largest absolute Gasteiger partial charge is 0.388 e. The van der Waals surface area contributed by atoms with Gasteiger partial charge in [0.25, 0.3) is 5.91 Å². The highest BCUT2D eigenvalue weighted by Gasteiger charge is 2.37. The van der Waals surface area contributed by atoms with Crippen LogP contribution in [0.2, 0.25) is 0 Å². The second-order valence-electron chi connectivity index (χ2n) is 5.72. The number of aliphatic hydroxyl groups is 1. The molecule has 3 rings (SSSR count). The Balaban J connectivity index is 1.52. The van der Waals surface area contributed by atoms with E-state index in [2.05, 4.69) is 10.2 Å². The third kappa shape index (κ3) is 3.64. The number of nitrogens with zero attached hydrogens (tertiary/aromatic N) is 1. The van der Waals surface area contributed by atoms with Crippen LogP contribution >= 0.6 is 0 Å². The van der Waals surface area contributed by atoms with Crippen molar-refractivity contribution >= 4 is 5.91 Å². The van der Waals surface area contributed by atoms with Crippen LogP contribution in [0.4, 0.5) is 0 Å². The maximum atomic E-state index is 12.1. The van der Waals surface area contributed by atoms with E-state index in [1.807, 2.05) is 18.2 Å². The molecule has 22 heavy (non-hydrogen) atoms. The van der Waals surface area contributed by atoms with Crippen LogP contribution < -0.4 is 5.32 Å². The van der Waals surface area contributed by atoms with Gasteiger partial charge in [0.1, 0.15) is 6.10 Å². The third-order valence-corrected chi connectivity index (χ3v) is 4.18. The lowest BCUT2D eigenvalue weighted by Crippen LogP contribution is -2.48. The summed E-state index contributed by atoms with van der Waals surface area (Å²) < 4.78 is 11.0. The molecule has 0 aliphatic carbocycles. The smallest absolute Gasteiger partial charge is 0.251 e. The summed E-state index contributed by atoms with van der Waals surface area (Å²) in [4.78, 5) is 14.4. The minimum absolute atomic E-state index is 0.180. The molecule has 1 amide bonds. The molecule has 0 unspecified atom stereocenters. The molecule has 2 aliphatic heterocycles. The topological polar surface area (TPSA) is 71.0 Å². The molecule has 0 radical (unpaired) electrons. The molecular formula is C16H22N2O4. The number of benzene rings is 1. The SMILES string of the molecule is O=C(N[C@H]1CO[C@@H](CN2CCOCC2)[C@@H]1O)c1ccccc1. The standard InChI is InChI=1S/C16H22N2O4/c19-15-13(17-16(20)12-4-2-1-3-5-12)11-22-14(15)10-18-6-8-21-9-7-18/h1-5,13-15,19H,6-11H2,(H,17,20)/t13-,14-,15+/m0/s1. The van der Waals surface area contributed by atoms with E-state index in [1.165, 1.54) is 0 Å². The van der Waals surface area contributed by atoms with E-state index >= 15 is 0 Å². The number of amides is 1. The Morgan fingerprint density at radius 3 is 2.73 bits per heavy atom. The Labute approximate surface area is 130 Å². The molecule has 0 aromatic heterocycles. The van der Waals surface area contributed by atoms with Gasteiger partial charge in [0, 0.05) is 25.2 Å². The summed E-state index contributed by atoms with van der Waals surface area (Å²) >= 11 is 0. The van der Waals surface area contributed by atoms with Crippen LogP contribution in [-0.2, 0) is 9.47 Å². The molecular weight excluding hydrogens is 284 g/mol. The molecule has 2 fully saturated rings. The van der Waals surface area contributed by atoms with Crippen molar-refractivity contribution in [3.63, 3.8) is 0 Å². The van der Waals surface area contributed by atoms with E-state index in [4.69, 9.17) is 9.47 Å². The first-order chi connectivity index (χ1) is 10.7. The molecule has 2 heterocycles. The lowest BCUT2D eigenvalue weighted by molar-refractivity contribution is -0.0180. The van der Waals surface area contributed by atoms with E-state index in [-0.39, 0.29) is 18.1 Å². The molecule has 3 atom stereocenters. The average molecular weight is 306 g/mol. The molecule has 2 saturated heterocycles. The fraction of sp³-hybridized carbons (Fsp3) is 0.562. The lowest BCUT2D eigenvalue weighted by atomic mass is 10.1. The van der Waals surface area contributed by atoms with Gasteiger partial charge in [0.2, 0.25) is 0 Å². The summed E-state index contributed by atoms with van der Waals surface area (Å²) in [5, 5.41) is 13.2. The first-order valence-corrected chi connectivity index (χ1v) is 7.70. The predicted molar refractivity (Wildman–Crippen MR) is 80.7 cm³/mol. The Morgan fingerprint density at radius 2 is 2.00 bits per heavy atom. The van der Waals surface area contributed by atoms with E-state index in [1.54, 1.807) is 12.1 Å². The van der Waals surface area contributed by atoms with Crippen molar-refractivity contribution in [3.05, 3.63) is 35.9 Å². The number of aliphatic hydroxyl groups excluding tert-OH is 1. The highest BCUT2D eigenvalue weighted by molar-refractivity contribution is 5.94. The maximum Gasteiger partial charge on any atom is 0.251 e. The minimum Gasteiger partial charge on any atom is -0.388 e. The molecule has 6 nitrogen and oxygen atoms in total. The minimum atomic E-state index is -0.685. The lowest BCUT2D eigenvalue weighted by Gasteiger charge is -2.29. The number of hydrogen-bond donors (Lipinski definition) is 2. The Hall–Kier alpha value is -1.47. The number of hydrogen-bond acceptors (Lipinski definition) is 5. The second-order valence-corrected chi connectivity index (χ2v) is 5.72. The van der Waals surface area contributed by atoms with Crippen LogP contribution in [0, 0.1) is 0 Å². The molecule has 2 aliphatic rings. The molecule has 0 spiro atoms. The van der Waals surface area contributed by atoms with Crippen LogP contribution in [0.5, 0.6) is 0 Å². The molecule has 2 N–H and O–H groups in total. The zero-order valence-electron chi connectivity index (χ0n) is 12.5. The zero-order valence-corrected chi connectivity index (χ0v) is 12.5. The van der Waals surface area contributed by atoms with Gasteiger partial charge < -0.3 is 19.9 Å². The number of rotatable bonds is 4. The van der Waals surface area contributed by atoms with Crippen LogP contribution in [0.3, 0.4) is 0 Å². The van der Waals surface area contributed by atoms with Crippen molar-refractivity contribution in [2.24, 2.45) is 0 Å². The van der Waals surface area contributed by atoms with Crippen molar-refractivity contribution in [2.45, 2.75) is 18.2 Å². The predicted octanol–water partition coefficient (Wildman–Crippen LogP) is -0.123. The van der Waals surface area contributed by atoms with Gasteiger partial charge in [-0.3, -0.25) is 9.69 Å². The first kappa shape index (κ1) is 15.4. The zero-order chi connectivity index (χ0) is 15.4. The van der Waals surface area contributed by atoms with E-state index < -0.39 is 6.10 Å². The van der Waals surface area contributed by atoms with Crippen LogP contribution in [0.15, 0.2) is 30.3 Å². The van der Waals surface area contributed by atoms with Crippen LogP contribution in [0.25, 0.3) is 0 Å². The second kappa shape index (κ2) is 7.19. The third-order valence-electron chi connectivity index (χ3n) is 4.18. The maximum absolute atomic E-state index is 12.1. The van der Waals surface area contributed by atoms with Gasteiger partial charge in [0.15, 0.2) is 0 Å². The van der Waals surface area contributed by atoms with Crippen molar-refractivity contribution < 1.29 is 19.4 Å². The highest BCUT2D eigenvalue weighted by atomic mass is 16.5. The summed E-state index contributed by atoms with van der Waals surface area (Å²) in [5.41, 5.74) is 0.589. The number of ether oxygens (including phenoxy) is 2. The van der Waals surface area contributed by atoms with E-state index in [9.17, 15) is 9.90 Å². The monoisotopic (exact) mass is 306 g/mol. The summed E-state index contributed by atoms with van der Waals surface area (Å²) in [5.74, 6) is -0.180. The highest BCUT2D eigenvalue weighted by Crippen LogP contribution is 2.17. The summed E-state index contributed by atoms with van der Waals surface area (Å²) in [6.45, 7) is 4.16. The average Bonchev–Trinajstić information content (AvgIpc) is 2.90. The molecule has 0 bridgehead atoms. The summed E-state index contributed by atoms with van der Waals surface area (Å²) in [7, 11) is 0. The Morgan fingerprint density at radius 1 is 1.27 bits per heavy atom. The van der Waals surface area contributed by atoms with Crippen molar-refractivity contribution in [3.8, 4) is 0 Å². The fourth-order valence-corrected chi connectivity index (χ4v) is 2.85. The molecule has 1 aromatic rings.